The van der Waals surface area contributed by atoms with Gasteiger partial charge in [0.05, 0.1) is 14.2 Å². The molecule has 1 aliphatic rings. The van der Waals surface area contributed by atoms with Crippen LogP contribution in [0.4, 0.5) is 0 Å². The molecule has 40 heavy (non-hydrogen) atoms. The summed E-state index contributed by atoms with van der Waals surface area (Å²) in [6.45, 7) is 5.91. The molecule has 2 aromatic carbocycles. The zero-order valence-corrected chi connectivity index (χ0v) is 24.5. The van der Waals surface area contributed by atoms with Crippen LogP contribution in [-0.2, 0) is 32.0 Å². The Kier molecular flexibility index (Phi) is 11.4. The van der Waals surface area contributed by atoms with Gasteiger partial charge in [0.15, 0.2) is 0 Å². The molecule has 2 aromatic rings. The van der Waals surface area contributed by atoms with Crippen LogP contribution in [0.3, 0.4) is 0 Å². The van der Waals surface area contributed by atoms with E-state index in [4.69, 9.17) is 14.2 Å². The van der Waals surface area contributed by atoms with Crippen molar-refractivity contribution in [2.45, 2.75) is 71.8 Å². The van der Waals surface area contributed by atoms with Gasteiger partial charge in [0, 0.05) is 12.0 Å². The van der Waals surface area contributed by atoms with Crippen LogP contribution in [0.5, 0.6) is 11.5 Å². The molecule has 0 aromatic heterocycles. The smallest absolute Gasteiger partial charge is 0.329 e. The summed E-state index contributed by atoms with van der Waals surface area (Å²) in [5.74, 6) is 0.180. The van der Waals surface area contributed by atoms with E-state index in [0.29, 0.717) is 19.4 Å². The van der Waals surface area contributed by atoms with Crippen molar-refractivity contribution in [3.63, 3.8) is 0 Å². The lowest BCUT2D eigenvalue weighted by atomic mass is 9.84. The molecule has 1 heterocycles. The summed E-state index contributed by atoms with van der Waals surface area (Å²) in [6, 6.07) is 13.3. The van der Waals surface area contributed by atoms with Crippen LogP contribution in [-0.4, -0.2) is 56.0 Å². The van der Waals surface area contributed by atoms with E-state index >= 15 is 0 Å². The summed E-state index contributed by atoms with van der Waals surface area (Å²) in [7, 11) is 3.33. The van der Waals surface area contributed by atoms with E-state index in [1.807, 2.05) is 55.5 Å². The van der Waals surface area contributed by atoms with Crippen LogP contribution in [0.1, 0.15) is 69.6 Å². The van der Waals surface area contributed by atoms with Crippen molar-refractivity contribution < 1.29 is 28.6 Å². The Labute approximate surface area is 238 Å². The van der Waals surface area contributed by atoms with Gasteiger partial charge in [-0.25, -0.2) is 4.79 Å². The van der Waals surface area contributed by atoms with E-state index in [-0.39, 0.29) is 6.61 Å². The molecule has 0 spiro atoms. The number of methoxy groups -OCH3 is 2. The number of esters is 1. The van der Waals surface area contributed by atoms with Crippen LogP contribution < -0.4 is 9.47 Å². The predicted molar refractivity (Wildman–Crippen MR) is 156 cm³/mol. The van der Waals surface area contributed by atoms with Crippen LogP contribution in [0, 0.1) is 5.41 Å². The Morgan fingerprint density at radius 3 is 2.48 bits per heavy atom. The molecule has 1 saturated heterocycles. The van der Waals surface area contributed by atoms with E-state index in [0.717, 1.165) is 54.7 Å². The number of hydrogen-bond acceptors (Lipinski definition) is 6. The monoisotopic (exact) mass is 549 g/mol. The highest BCUT2D eigenvalue weighted by Gasteiger charge is 2.40. The number of carbonyl (C=O) groups is 3. The van der Waals surface area contributed by atoms with E-state index < -0.39 is 29.1 Å². The van der Waals surface area contributed by atoms with E-state index in [1.165, 1.54) is 10.5 Å². The lowest BCUT2D eigenvalue weighted by Gasteiger charge is -2.35. The second-order valence-corrected chi connectivity index (χ2v) is 10.8. The number of aryl methyl sites for hydroxylation is 2. The van der Waals surface area contributed by atoms with Gasteiger partial charge in [0.25, 0.3) is 5.91 Å². The number of nitrogens with zero attached hydrogens (tertiary/aromatic N) is 1. The molecule has 7 nitrogen and oxygen atoms in total. The summed E-state index contributed by atoms with van der Waals surface area (Å²) >= 11 is 0. The first-order valence-electron chi connectivity index (χ1n) is 14.2. The zero-order chi connectivity index (χ0) is 29.1. The topological polar surface area (TPSA) is 82.1 Å². The highest BCUT2D eigenvalue weighted by atomic mass is 16.5. The first kappa shape index (κ1) is 30.9. The normalized spacial score (nSPS) is 15.6. The van der Waals surface area contributed by atoms with E-state index in [9.17, 15) is 14.4 Å². The summed E-state index contributed by atoms with van der Waals surface area (Å²) in [5.41, 5.74) is 2.63. The Bertz CT molecular complexity index is 1200. The molecule has 1 amide bonds. The van der Waals surface area contributed by atoms with Gasteiger partial charge in [-0.15, -0.1) is 0 Å². The number of ether oxygens (including phenoxy) is 3. The predicted octanol–water partition coefficient (Wildman–Crippen LogP) is 5.82. The molecule has 1 fully saturated rings. The molecule has 0 radical (unpaired) electrons. The SMILES string of the molecule is CCC(C)(C)C(=O)C(=O)N1CCCCC1C(=O)OCC=Cc1ccccc1CCCc1cc(OC)ccc1OC. The van der Waals surface area contributed by atoms with Gasteiger partial charge in [-0.05, 0) is 85.9 Å². The van der Waals surface area contributed by atoms with Gasteiger partial charge in [-0.2, -0.15) is 0 Å². The van der Waals surface area contributed by atoms with Gasteiger partial charge in [-0.1, -0.05) is 51.1 Å². The van der Waals surface area contributed by atoms with Crippen molar-refractivity contribution in [2.24, 2.45) is 5.41 Å². The minimum absolute atomic E-state index is 0.0983. The molecule has 3 rings (SSSR count). The number of Topliss-reactive ketones (excluding diaryl/α,β-unsaturated/α-hetero) is 1. The maximum atomic E-state index is 13.0. The minimum Gasteiger partial charge on any atom is -0.497 e. The summed E-state index contributed by atoms with van der Waals surface area (Å²) in [6.07, 6.45) is 9.11. The fourth-order valence-corrected chi connectivity index (χ4v) is 4.87. The Hall–Kier alpha value is -3.61. The van der Waals surface area contributed by atoms with Gasteiger partial charge in [-0.3, -0.25) is 9.59 Å². The van der Waals surface area contributed by atoms with Crippen molar-refractivity contribution >= 4 is 23.7 Å². The van der Waals surface area contributed by atoms with E-state index in [2.05, 4.69) is 6.07 Å². The standard InChI is InChI=1S/C33H43NO6/c1-6-33(2,3)30(35)31(36)34-21-10-9-18-28(34)32(37)40-22-12-17-25-14-8-7-13-24(25)15-11-16-26-23-27(38-4)19-20-29(26)39-5/h7-8,12-14,17,19-20,23,28H,6,9-11,15-16,18,21-22H2,1-5H3. The average Bonchev–Trinajstić information content (AvgIpc) is 2.98. The largest absolute Gasteiger partial charge is 0.497 e. The molecule has 216 valence electrons. The van der Waals surface area contributed by atoms with Crippen molar-refractivity contribution in [3.8, 4) is 11.5 Å². The maximum absolute atomic E-state index is 13.0. The van der Waals surface area contributed by atoms with Crippen molar-refractivity contribution in [2.75, 3.05) is 27.4 Å². The minimum atomic E-state index is -0.751. The molecule has 1 unspecified atom stereocenters. The highest BCUT2D eigenvalue weighted by Crippen LogP contribution is 2.27. The van der Waals surface area contributed by atoms with Crippen molar-refractivity contribution in [3.05, 3.63) is 65.2 Å². The first-order valence-corrected chi connectivity index (χ1v) is 14.2. The number of hydrogen-bond donors (Lipinski definition) is 0. The number of benzene rings is 2. The number of ketones is 1. The Morgan fingerprint density at radius 1 is 1.00 bits per heavy atom. The second kappa shape index (κ2) is 14.7. The average molecular weight is 550 g/mol. The molecule has 0 saturated carbocycles. The van der Waals surface area contributed by atoms with Crippen LogP contribution in [0.25, 0.3) is 6.08 Å². The van der Waals surface area contributed by atoms with Crippen LogP contribution in [0.15, 0.2) is 48.5 Å². The molecular formula is C33H43NO6. The molecule has 7 heteroatoms. The summed E-state index contributed by atoms with van der Waals surface area (Å²) in [5, 5.41) is 0. The molecule has 0 aliphatic carbocycles. The maximum Gasteiger partial charge on any atom is 0.329 e. The molecule has 0 N–H and O–H groups in total. The lowest BCUT2D eigenvalue weighted by molar-refractivity contribution is -0.160. The second-order valence-electron chi connectivity index (χ2n) is 10.8. The molecule has 1 aliphatic heterocycles. The van der Waals surface area contributed by atoms with Gasteiger partial charge in [0.1, 0.15) is 24.1 Å². The first-order chi connectivity index (χ1) is 19.2. The van der Waals surface area contributed by atoms with Gasteiger partial charge in [0.2, 0.25) is 5.78 Å². The third kappa shape index (κ3) is 7.96. The van der Waals surface area contributed by atoms with Gasteiger partial charge < -0.3 is 19.1 Å². The fraction of sp³-hybridized carbons (Fsp3) is 0.485. The van der Waals surface area contributed by atoms with E-state index in [1.54, 1.807) is 28.1 Å². The van der Waals surface area contributed by atoms with Crippen LogP contribution >= 0.6 is 0 Å². The Morgan fingerprint density at radius 2 is 1.75 bits per heavy atom. The van der Waals surface area contributed by atoms with Crippen molar-refractivity contribution in [1.29, 1.82) is 0 Å². The third-order valence-electron chi connectivity index (χ3n) is 7.78. The highest BCUT2D eigenvalue weighted by molar-refractivity contribution is 6.38. The van der Waals surface area contributed by atoms with Gasteiger partial charge >= 0.3 is 5.97 Å². The number of carbonyl (C=O) groups excluding carboxylic acids is 3. The fourth-order valence-electron chi connectivity index (χ4n) is 4.87. The number of piperidine rings is 1. The Balaban J connectivity index is 1.57. The summed E-state index contributed by atoms with van der Waals surface area (Å²) in [4.78, 5) is 40.1. The van der Waals surface area contributed by atoms with Crippen molar-refractivity contribution in [1.82, 2.24) is 4.90 Å². The number of rotatable bonds is 13. The lowest BCUT2D eigenvalue weighted by Crippen LogP contribution is -2.53. The third-order valence-corrected chi connectivity index (χ3v) is 7.78. The molecule has 1 atom stereocenters. The number of likely N-dealkylation sites (tertiary alicyclic amines) is 1. The molecular weight excluding hydrogens is 506 g/mol. The van der Waals surface area contributed by atoms with Crippen LogP contribution in [0.2, 0.25) is 0 Å². The zero-order valence-electron chi connectivity index (χ0n) is 24.5. The number of amides is 1. The quantitative estimate of drug-likeness (QED) is 0.231. The summed E-state index contributed by atoms with van der Waals surface area (Å²) < 4.78 is 16.4. The molecule has 0 bridgehead atoms.